The normalized spacial score (nSPS) is 11.0. The number of aliphatic carboxylic acids is 1. The minimum atomic E-state index is -0.700. The van der Waals surface area contributed by atoms with Crippen molar-refractivity contribution in [1.82, 2.24) is 0 Å². The van der Waals surface area contributed by atoms with Crippen molar-refractivity contribution in [3.05, 3.63) is 71.8 Å². The Labute approximate surface area is 290 Å². The van der Waals surface area contributed by atoms with Crippen molar-refractivity contribution < 1.29 is 77.0 Å². The molecule has 2 unspecified atom stereocenters. The molecule has 0 aliphatic carbocycles. The van der Waals surface area contributed by atoms with Crippen LogP contribution in [0, 0.1) is 28.6 Å². The largest absolute Gasteiger partial charge is 1.00 e. The van der Waals surface area contributed by atoms with E-state index in [-0.39, 0.29) is 88.3 Å². The summed E-state index contributed by atoms with van der Waals surface area (Å²) in [7, 11) is 0. The number of aliphatic hydroxyl groups is 2. The molecule has 0 aliphatic heterocycles. The summed E-state index contributed by atoms with van der Waals surface area (Å²) in [6.45, 7) is 4.12. The Bertz CT molecular complexity index is 916. The number of hydrogen-bond donors (Lipinski definition) is 3. The zero-order valence-corrected chi connectivity index (χ0v) is 28.4. The average molecular weight is 593 g/mol. The third kappa shape index (κ3) is 22.7. The second-order valence-corrected chi connectivity index (χ2v) is 9.60. The van der Waals surface area contributed by atoms with Gasteiger partial charge >= 0.3 is 57.4 Å². The van der Waals surface area contributed by atoms with Gasteiger partial charge in [-0.1, -0.05) is 126 Å². The van der Waals surface area contributed by atoms with Gasteiger partial charge in [-0.2, -0.15) is 10.5 Å². The molecule has 4 N–H and O–H groups in total. The Kier molecular flexibility index (Phi) is 33.5. The third-order valence-corrected chi connectivity index (χ3v) is 6.48. The van der Waals surface area contributed by atoms with Gasteiger partial charge in [0.15, 0.2) is 0 Å². The molecular formula is C33H49KN2O5. The molecule has 0 bridgehead atoms. The number of nitrogens with zero attached hydrogens (tertiary/aromatic N) is 2. The van der Waals surface area contributed by atoms with Gasteiger partial charge < -0.3 is 20.8 Å². The van der Waals surface area contributed by atoms with Crippen LogP contribution in [0.4, 0.5) is 0 Å². The Morgan fingerprint density at radius 3 is 1.56 bits per heavy atom. The van der Waals surface area contributed by atoms with E-state index in [1.54, 1.807) is 0 Å². The number of hydrogen-bond acceptors (Lipinski definition) is 6. The summed E-state index contributed by atoms with van der Waals surface area (Å²) >= 11 is 0. The van der Waals surface area contributed by atoms with Gasteiger partial charge in [-0.25, -0.2) is 0 Å². The second kappa shape index (κ2) is 31.3. The molecule has 7 nitrogen and oxygen atoms in total. The Morgan fingerprint density at radius 1 is 0.732 bits per heavy atom. The van der Waals surface area contributed by atoms with Crippen LogP contribution in [0.5, 0.6) is 0 Å². The molecule has 222 valence electrons. The molecule has 0 spiro atoms. The van der Waals surface area contributed by atoms with Crippen LogP contribution in [0.15, 0.2) is 60.7 Å². The van der Waals surface area contributed by atoms with Gasteiger partial charge in [0.25, 0.3) is 0 Å². The number of unbranched alkanes of at least 4 members (excludes halogenated alkanes) is 6. The van der Waals surface area contributed by atoms with Gasteiger partial charge in [0.1, 0.15) is 5.92 Å². The summed E-state index contributed by atoms with van der Waals surface area (Å²) in [5.74, 6) is -1.01. The van der Waals surface area contributed by atoms with Gasteiger partial charge in [0.05, 0.1) is 31.8 Å². The van der Waals surface area contributed by atoms with Crippen LogP contribution in [0.2, 0.25) is 0 Å². The van der Waals surface area contributed by atoms with Gasteiger partial charge in [0.2, 0.25) is 0 Å². The fourth-order valence-electron chi connectivity index (χ4n) is 4.37. The number of rotatable bonds is 16. The molecule has 0 saturated heterocycles. The molecule has 0 aliphatic rings. The summed E-state index contributed by atoms with van der Waals surface area (Å²) in [5.41, 5.74) is 2.27. The van der Waals surface area contributed by atoms with E-state index in [2.05, 4.69) is 26.0 Å². The number of carboxylic acid groups (broad SMARTS) is 1. The van der Waals surface area contributed by atoms with Crippen molar-refractivity contribution in [2.75, 3.05) is 13.2 Å². The molecular weight excluding hydrogens is 543 g/mol. The van der Waals surface area contributed by atoms with Crippen molar-refractivity contribution in [2.45, 2.75) is 96.3 Å². The first kappa shape index (κ1) is 43.9. The van der Waals surface area contributed by atoms with E-state index in [0.29, 0.717) is 0 Å². The topological polar surface area (TPSA) is 155 Å². The van der Waals surface area contributed by atoms with E-state index in [0.717, 1.165) is 36.8 Å². The molecule has 8 heteroatoms. The molecule has 41 heavy (non-hydrogen) atoms. The van der Waals surface area contributed by atoms with E-state index < -0.39 is 11.9 Å². The number of carboxylic acids is 1. The fourth-order valence-corrected chi connectivity index (χ4v) is 4.37. The Hall–Kier alpha value is -1.59. The molecule has 0 saturated carbocycles. The Morgan fingerprint density at radius 2 is 1.17 bits per heavy atom. The van der Waals surface area contributed by atoms with Gasteiger partial charge in [0, 0.05) is 5.92 Å². The van der Waals surface area contributed by atoms with Crippen molar-refractivity contribution in [3.63, 3.8) is 0 Å². The van der Waals surface area contributed by atoms with Crippen LogP contribution in [-0.4, -0.2) is 40.0 Å². The number of benzene rings is 2. The summed E-state index contributed by atoms with van der Waals surface area (Å²) in [4.78, 5) is 10.9. The SMILES string of the molecule is CCCCCCC(CC(=O)O)c1ccccc1.CCCCCCC(c1ccccc1)C(C#N)C#N.OCCO.[K+].[OH-]. The van der Waals surface area contributed by atoms with Crippen molar-refractivity contribution in [3.8, 4) is 12.1 Å². The maximum Gasteiger partial charge on any atom is 1.00 e. The summed E-state index contributed by atoms with van der Waals surface area (Å²) in [5, 5.41) is 42.4. The third-order valence-electron chi connectivity index (χ3n) is 6.48. The van der Waals surface area contributed by atoms with Crippen molar-refractivity contribution in [2.24, 2.45) is 5.92 Å². The maximum atomic E-state index is 10.9. The van der Waals surface area contributed by atoms with Gasteiger partial charge in [-0.15, -0.1) is 0 Å². The molecule has 2 aromatic rings. The first-order valence-corrected chi connectivity index (χ1v) is 14.3. The molecule has 0 heterocycles. The second-order valence-electron chi connectivity index (χ2n) is 9.60. The van der Waals surface area contributed by atoms with Gasteiger partial charge in [-0.3, -0.25) is 4.79 Å². The minimum absolute atomic E-state index is 0. The molecule has 0 radical (unpaired) electrons. The Balaban J connectivity index is -0.000000597. The van der Waals surface area contributed by atoms with Crippen molar-refractivity contribution in [1.29, 1.82) is 10.5 Å². The number of carbonyl (C=O) groups is 1. The number of aliphatic hydroxyl groups excluding tert-OH is 2. The standard InChI is InChI=1S/C16H20N2.C15H22O2.C2H6O2.K.H2O/c1-2-3-4-8-11-16(15(12-17)13-18)14-9-6-5-7-10-14;1-2-3-4-6-11-14(12-15(16)17)13-9-7-5-8-10-13;3-1-2-4;;/h5-7,9-10,15-16H,2-4,8,11H2,1H3;5,7-10,14H,2-4,6,11-12H2,1H3,(H,16,17);3-4H,1-2H2;;1H2/q;;;+1;/p-1. The van der Waals surface area contributed by atoms with Crippen LogP contribution in [0.1, 0.15) is 107 Å². The van der Waals surface area contributed by atoms with Crippen LogP contribution in [-0.2, 0) is 4.79 Å². The van der Waals surface area contributed by atoms with E-state index in [1.165, 1.54) is 38.5 Å². The fraction of sp³-hybridized carbons (Fsp3) is 0.545. The predicted molar refractivity (Wildman–Crippen MR) is 159 cm³/mol. The van der Waals surface area contributed by atoms with E-state index in [9.17, 15) is 4.79 Å². The molecule has 2 aromatic carbocycles. The van der Waals surface area contributed by atoms with E-state index >= 15 is 0 Å². The first-order chi connectivity index (χ1) is 19.0. The molecule has 0 amide bonds. The molecule has 2 rings (SSSR count). The van der Waals surface area contributed by atoms with Crippen LogP contribution < -0.4 is 51.4 Å². The van der Waals surface area contributed by atoms with Crippen LogP contribution in [0.3, 0.4) is 0 Å². The monoisotopic (exact) mass is 592 g/mol. The minimum Gasteiger partial charge on any atom is -0.870 e. The van der Waals surface area contributed by atoms with E-state index in [1.807, 2.05) is 60.7 Å². The molecule has 0 aromatic heterocycles. The zero-order valence-electron chi connectivity index (χ0n) is 25.3. The average Bonchev–Trinajstić information content (AvgIpc) is 2.97. The molecule has 0 fully saturated rings. The first-order valence-electron chi connectivity index (χ1n) is 14.3. The summed E-state index contributed by atoms with van der Waals surface area (Å²) in [6.07, 6.45) is 11.7. The summed E-state index contributed by atoms with van der Waals surface area (Å²) in [6, 6.07) is 24.2. The smallest absolute Gasteiger partial charge is 0.870 e. The summed E-state index contributed by atoms with van der Waals surface area (Å²) < 4.78 is 0. The quantitative estimate of drug-likeness (QED) is 0.192. The van der Waals surface area contributed by atoms with Gasteiger partial charge in [-0.05, 0) is 29.9 Å². The maximum absolute atomic E-state index is 10.9. The number of nitriles is 2. The molecule has 2 atom stereocenters. The predicted octanol–water partition coefficient (Wildman–Crippen LogP) is 4.42. The zero-order chi connectivity index (χ0) is 29.1. The van der Waals surface area contributed by atoms with Crippen LogP contribution in [0.25, 0.3) is 0 Å². The van der Waals surface area contributed by atoms with E-state index in [4.69, 9.17) is 25.8 Å². The van der Waals surface area contributed by atoms with Crippen molar-refractivity contribution >= 4 is 5.97 Å². The van der Waals surface area contributed by atoms with Crippen LogP contribution >= 0.6 is 0 Å².